The van der Waals surface area contributed by atoms with Gasteiger partial charge in [0.25, 0.3) is 0 Å². The standard InChI is InChI=1S/C11H10FNOS/c1-7-9(12)6-15-11(7)8-3-4-10(14-2)13-5-8/h3-6H,1-2H3. The van der Waals surface area contributed by atoms with Crippen LogP contribution in [0, 0.1) is 12.7 Å². The third-order valence-electron chi connectivity index (χ3n) is 2.19. The molecule has 0 saturated carbocycles. The normalized spacial score (nSPS) is 10.3. The van der Waals surface area contributed by atoms with E-state index in [1.165, 1.54) is 16.7 Å². The van der Waals surface area contributed by atoms with Crippen LogP contribution < -0.4 is 4.74 Å². The van der Waals surface area contributed by atoms with Crippen molar-refractivity contribution in [2.24, 2.45) is 0 Å². The van der Waals surface area contributed by atoms with Gasteiger partial charge in [0.2, 0.25) is 5.88 Å². The molecule has 2 aromatic heterocycles. The Labute approximate surface area is 91.4 Å². The van der Waals surface area contributed by atoms with Crippen LogP contribution in [0.5, 0.6) is 5.88 Å². The van der Waals surface area contributed by atoms with E-state index >= 15 is 0 Å². The molecular weight excluding hydrogens is 213 g/mol. The number of methoxy groups -OCH3 is 1. The van der Waals surface area contributed by atoms with E-state index in [1.54, 1.807) is 26.3 Å². The summed E-state index contributed by atoms with van der Waals surface area (Å²) < 4.78 is 18.1. The second kappa shape index (κ2) is 3.98. The zero-order chi connectivity index (χ0) is 10.8. The summed E-state index contributed by atoms with van der Waals surface area (Å²) in [4.78, 5) is 5.01. The molecule has 0 radical (unpaired) electrons. The first-order valence-electron chi connectivity index (χ1n) is 4.46. The Balaban J connectivity index is 2.41. The lowest BCUT2D eigenvalue weighted by atomic mass is 10.2. The van der Waals surface area contributed by atoms with Crippen LogP contribution in [-0.2, 0) is 0 Å². The third-order valence-corrected chi connectivity index (χ3v) is 3.29. The number of rotatable bonds is 2. The number of aromatic nitrogens is 1. The van der Waals surface area contributed by atoms with Gasteiger partial charge in [-0.15, -0.1) is 11.3 Å². The molecule has 0 amide bonds. The highest BCUT2D eigenvalue weighted by atomic mass is 32.1. The van der Waals surface area contributed by atoms with Gasteiger partial charge < -0.3 is 4.74 Å². The fourth-order valence-electron chi connectivity index (χ4n) is 1.32. The average molecular weight is 223 g/mol. The van der Waals surface area contributed by atoms with Gasteiger partial charge in [-0.2, -0.15) is 0 Å². The predicted molar refractivity (Wildman–Crippen MR) is 58.8 cm³/mol. The van der Waals surface area contributed by atoms with Gasteiger partial charge in [-0.3, -0.25) is 0 Å². The molecule has 0 aromatic carbocycles. The van der Waals surface area contributed by atoms with Gasteiger partial charge in [0.05, 0.1) is 7.11 Å². The van der Waals surface area contributed by atoms with Gasteiger partial charge in [-0.1, -0.05) is 0 Å². The van der Waals surface area contributed by atoms with E-state index in [0.29, 0.717) is 11.4 Å². The molecule has 0 saturated heterocycles. The first kappa shape index (κ1) is 10.1. The summed E-state index contributed by atoms with van der Waals surface area (Å²) in [5.74, 6) is 0.402. The molecule has 0 aliphatic rings. The molecule has 0 unspecified atom stereocenters. The van der Waals surface area contributed by atoms with Gasteiger partial charge in [-0.25, -0.2) is 9.37 Å². The Morgan fingerprint density at radius 1 is 1.40 bits per heavy atom. The topological polar surface area (TPSA) is 22.1 Å². The Bertz CT molecular complexity index is 464. The molecule has 2 aromatic rings. The van der Waals surface area contributed by atoms with Crippen molar-refractivity contribution < 1.29 is 9.13 Å². The Morgan fingerprint density at radius 2 is 2.20 bits per heavy atom. The molecule has 0 atom stereocenters. The maximum absolute atomic E-state index is 13.1. The van der Waals surface area contributed by atoms with Crippen LogP contribution in [-0.4, -0.2) is 12.1 Å². The first-order chi connectivity index (χ1) is 7.22. The van der Waals surface area contributed by atoms with E-state index in [9.17, 15) is 4.39 Å². The molecule has 15 heavy (non-hydrogen) atoms. The highest BCUT2D eigenvalue weighted by molar-refractivity contribution is 7.13. The lowest BCUT2D eigenvalue weighted by molar-refractivity contribution is 0.398. The minimum absolute atomic E-state index is 0.161. The number of halogens is 1. The molecule has 4 heteroatoms. The second-order valence-corrected chi connectivity index (χ2v) is 4.01. The minimum atomic E-state index is -0.161. The summed E-state index contributed by atoms with van der Waals surface area (Å²) in [6.07, 6.45) is 1.69. The maximum atomic E-state index is 13.1. The van der Waals surface area contributed by atoms with Crippen LogP contribution in [0.3, 0.4) is 0 Å². The fraction of sp³-hybridized carbons (Fsp3) is 0.182. The van der Waals surface area contributed by atoms with E-state index in [2.05, 4.69) is 4.98 Å². The Hall–Kier alpha value is -1.42. The molecule has 78 valence electrons. The van der Waals surface area contributed by atoms with Crippen LogP contribution in [0.15, 0.2) is 23.7 Å². The summed E-state index contributed by atoms with van der Waals surface area (Å²) >= 11 is 1.39. The number of pyridine rings is 1. The highest BCUT2D eigenvalue weighted by Crippen LogP contribution is 2.31. The van der Waals surface area contributed by atoms with Crippen molar-refractivity contribution in [3.8, 4) is 16.3 Å². The lowest BCUT2D eigenvalue weighted by Gasteiger charge is -2.01. The molecule has 0 fully saturated rings. The number of nitrogens with zero attached hydrogens (tertiary/aromatic N) is 1. The molecule has 0 spiro atoms. The van der Waals surface area contributed by atoms with Gasteiger partial charge in [0.15, 0.2) is 0 Å². The van der Waals surface area contributed by atoms with Crippen molar-refractivity contribution >= 4 is 11.3 Å². The van der Waals surface area contributed by atoms with Gasteiger partial charge >= 0.3 is 0 Å². The third kappa shape index (κ3) is 1.85. The highest BCUT2D eigenvalue weighted by Gasteiger charge is 2.09. The monoisotopic (exact) mass is 223 g/mol. The van der Waals surface area contributed by atoms with Crippen molar-refractivity contribution in [2.75, 3.05) is 7.11 Å². The first-order valence-corrected chi connectivity index (χ1v) is 5.34. The van der Waals surface area contributed by atoms with Crippen LogP contribution >= 0.6 is 11.3 Å². The van der Waals surface area contributed by atoms with Crippen molar-refractivity contribution in [3.63, 3.8) is 0 Å². The smallest absolute Gasteiger partial charge is 0.212 e. The zero-order valence-electron chi connectivity index (χ0n) is 8.45. The van der Waals surface area contributed by atoms with Gasteiger partial charge in [-0.05, 0) is 13.0 Å². The quantitative estimate of drug-likeness (QED) is 0.779. The van der Waals surface area contributed by atoms with E-state index in [-0.39, 0.29) is 5.82 Å². The Kier molecular flexibility index (Phi) is 2.68. The van der Waals surface area contributed by atoms with Crippen molar-refractivity contribution in [2.45, 2.75) is 6.92 Å². The maximum Gasteiger partial charge on any atom is 0.212 e. The van der Waals surface area contributed by atoms with Crippen LogP contribution in [0.4, 0.5) is 4.39 Å². The molecule has 2 nitrogen and oxygen atoms in total. The van der Waals surface area contributed by atoms with Crippen molar-refractivity contribution in [1.29, 1.82) is 0 Å². The molecule has 2 rings (SSSR count). The summed E-state index contributed by atoms with van der Waals surface area (Å²) in [5.41, 5.74) is 1.59. The predicted octanol–water partition coefficient (Wildman–Crippen LogP) is 3.27. The molecule has 0 aliphatic heterocycles. The van der Waals surface area contributed by atoms with Crippen molar-refractivity contribution in [1.82, 2.24) is 4.98 Å². The summed E-state index contributed by atoms with van der Waals surface area (Å²) in [6.45, 7) is 1.77. The summed E-state index contributed by atoms with van der Waals surface area (Å²) in [7, 11) is 1.57. The molecule has 2 heterocycles. The molecule has 0 N–H and O–H groups in total. The van der Waals surface area contributed by atoms with Gasteiger partial charge in [0.1, 0.15) is 5.82 Å². The van der Waals surface area contributed by atoms with Crippen LogP contribution in [0.25, 0.3) is 10.4 Å². The molecule has 0 bridgehead atoms. The largest absolute Gasteiger partial charge is 0.481 e. The van der Waals surface area contributed by atoms with E-state index in [1.807, 2.05) is 6.07 Å². The molecule has 0 aliphatic carbocycles. The van der Waals surface area contributed by atoms with Crippen molar-refractivity contribution in [3.05, 3.63) is 35.1 Å². The number of hydrogen-bond donors (Lipinski definition) is 0. The van der Waals surface area contributed by atoms with Crippen LogP contribution in [0.1, 0.15) is 5.56 Å². The summed E-state index contributed by atoms with van der Waals surface area (Å²) in [6, 6.07) is 3.65. The second-order valence-electron chi connectivity index (χ2n) is 3.13. The number of hydrogen-bond acceptors (Lipinski definition) is 3. The van der Waals surface area contributed by atoms with Gasteiger partial charge in [0, 0.05) is 33.6 Å². The van der Waals surface area contributed by atoms with E-state index < -0.39 is 0 Å². The lowest BCUT2D eigenvalue weighted by Crippen LogP contribution is -1.87. The molecular formula is C11H10FNOS. The zero-order valence-corrected chi connectivity index (χ0v) is 9.27. The fourth-order valence-corrected chi connectivity index (χ4v) is 2.25. The van der Waals surface area contributed by atoms with E-state index in [0.717, 1.165) is 10.4 Å². The number of thiophene rings is 1. The SMILES string of the molecule is COc1ccc(-c2scc(F)c2C)cn1. The van der Waals surface area contributed by atoms with Crippen LogP contribution in [0.2, 0.25) is 0 Å². The number of ether oxygens (including phenoxy) is 1. The summed E-state index contributed by atoms with van der Waals surface area (Å²) in [5, 5.41) is 1.51. The average Bonchev–Trinajstić information content (AvgIpc) is 2.60. The van der Waals surface area contributed by atoms with E-state index in [4.69, 9.17) is 4.74 Å². The minimum Gasteiger partial charge on any atom is -0.481 e. The Morgan fingerprint density at radius 3 is 2.67 bits per heavy atom.